The van der Waals surface area contributed by atoms with Crippen molar-refractivity contribution in [3.63, 3.8) is 0 Å². The van der Waals surface area contributed by atoms with Gasteiger partial charge in [-0.05, 0) is 6.92 Å². The predicted octanol–water partition coefficient (Wildman–Crippen LogP) is -0.622. The zero-order valence-electron chi connectivity index (χ0n) is 7.91. The van der Waals surface area contributed by atoms with Crippen molar-refractivity contribution < 1.29 is 9.53 Å². The molecule has 13 heavy (non-hydrogen) atoms. The molecule has 0 saturated carbocycles. The molecule has 74 valence electrons. The Bertz CT molecular complexity index is 196. The second-order valence-corrected chi connectivity index (χ2v) is 2.73. The van der Waals surface area contributed by atoms with E-state index in [2.05, 4.69) is 5.32 Å². The average molecular weight is 185 g/mol. The van der Waals surface area contributed by atoms with E-state index in [-0.39, 0.29) is 24.9 Å². The first-order chi connectivity index (χ1) is 6.15. The van der Waals surface area contributed by atoms with Gasteiger partial charge in [-0.25, -0.2) is 0 Å². The quantitative estimate of drug-likeness (QED) is 0.597. The van der Waals surface area contributed by atoms with Gasteiger partial charge in [0, 0.05) is 19.7 Å². The molecule has 0 aromatic heterocycles. The van der Waals surface area contributed by atoms with Crippen LogP contribution in [0.2, 0.25) is 0 Å². The van der Waals surface area contributed by atoms with E-state index < -0.39 is 6.10 Å². The van der Waals surface area contributed by atoms with Crippen molar-refractivity contribution in [2.45, 2.75) is 25.5 Å². The number of amides is 1. The van der Waals surface area contributed by atoms with Crippen LogP contribution in [-0.4, -0.2) is 31.7 Å². The summed E-state index contributed by atoms with van der Waals surface area (Å²) >= 11 is 0. The SMILES string of the molecule is COC(CN)C(=O)NC(C)CC#N. The van der Waals surface area contributed by atoms with Gasteiger partial charge in [-0.1, -0.05) is 0 Å². The Morgan fingerprint density at radius 3 is 2.77 bits per heavy atom. The molecule has 0 aliphatic heterocycles. The lowest BCUT2D eigenvalue weighted by atomic mass is 10.2. The number of rotatable bonds is 5. The molecular formula is C8H15N3O2. The van der Waals surface area contributed by atoms with E-state index in [4.69, 9.17) is 15.7 Å². The Hall–Kier alpha value is -1.12. The third-order valence-electron chi connectivity index (χ3n) is 1.58. The summed E-state index contributed by atoms with van der Waals surface area (Å²) < 4.78 is 4.82. The lowest BCUT2D eigenvalue weighted by molar-refractivity contribution is -0.131. The van der Waals surface area contributed by atoms with Gasteiger partial charge in [0.05, 0.1) is 12.5 Å². The van der Waals surface area contributed by atoms with Crippen molar-refractivity contribution in [1.29, 1.82) is 5.26 Å². The third kappa shape index (κ3) is 4.45. The minimum absolute atomic E-state index is 0.140. The molecule has 1 amide bonds. The van der Waals surface area contributed by atoms with E-state index in [1.54, 1.807) is 6.92 Å². The first kappa shape index (κ1) is 11.9. The number of nitrogens with two attached hydrogens (primary N) is 1. The molecule has 0 aromatic rings. The van der Waals surface area contributed by atoms with Crippen LogP contribution in [0.4, 0.5) is 0 Å². The van der Waals surface area contributed by atoms with Gasteiger partial charge in [-0.3, -0.25) is 4.79 Å². The zero-order chi connectivity index (χ0) is 10.3. The van der Waals surface area contributed by atoms with Crippen molar-refractivity contribution in [2.75, 3.05) is 13.7 Å². The molecule has 2 unspecified atom stereocenters. The van der Waals surface area contributed by atoms with E-state index in [0.717, 1.165) is 0 Å². The van der Waals surface area contributed by atoms with Gasteiger partial charge in [-0.2, -0.15) is 5.26 Å². The zero-order valence-corrected chi connectivity index (χ0v) is 7.91. The number of ether oxygens (including phenoxy) is 1. The summed E-state index contributed by atoms with van der Waals surface area (Å²) in [5, 5.41) is 11.0. The van der Waals surface area contributed by atoms with Crippen LogP contribution in [0.5, 0.6) is 0 Å². The highest BCUT2D eigenvalue weighted by Gasteiger charge is 2.17. The Morgan fingerprint density at radius 2 is 2.38 bits per heavy atom. The Balaban J connectivity index is 3.91. The van der Waals surface area contributed by atoms with E-state index in [0.29, 0.717) is 0 Å². The molecule has 2 atom stereocenters. The maximum Gasteiger partial charge on any atom is 0.250 e. The number of carbonyl (C=O) groups is 1. The fourth-order valence-corrected chi connectivity index (χ4v) is 0.834. The highest BCUT2D eigenvalue weighted by molar-refractivity contribution is 5.81. The Kier molecular flexibility index (Phi) is 5.85. The number of hydrogen-bond acceptors (Lipinski definition) is 4. The van der Waals surface area contributed by atoms with Gasteiger partial charge >= 0.3 is 0 Å². The minimum Gasteiger partial charge on any atom is -0.370 e. The Labute approximate surface area is 77.9 Å². The number of nitriles is 1. The van der Waals surface area contributed by atoms with Crippen LogP contribution in [0.1, 0.15) is 13.3 Å². The van der Waals surface area contributed by atoms with Crippen molar-refractivity contribution in [3.8, 4) is 6.07 Å². The molecule has 5 heteroatoms. The summed E-state index contributed by atoms with van der Waals surface area (Å²) in [7, 11) is 1.42. The summed E-state index contributed by atoms with van der Waals surface area (Å²) in [5.41, 5.74) is 5.28. The molecule has 3 N–H and O–H groups in total. The van der Waals surface area contributed by atoms with Crippen LogP contribution in [0.15, 0.2) is 0 Å². The molecule has 5 nitrogen and oxygen atoms in total. The monoisotopic (exact) mass is 185 g/mol. The molecular weight excluding hydrogens is 170 g/mol. The molecule has 0 bridgehead atoms. The Morgan fingerprint density at radius 1 is 1.77 bits per heavy atom. The summed E-state index contributed by atoms with van der Waals surface area (Å²) in [5.74, 6) is -0.271. The van der Waals surface area contributed by atoms with E-state index in [9.17, 15) is 4.79 Å². The molecule has 0 saturated heterocycles. The summed E-state index contributed by atoms with van der Waals surface area (Å²) in [6.07, 6.45) is -0.339. The third-order valence-corrected chi connectivity index (χ3v) is 1.58. The maximum absolute atomic E-state index is 11.3. The van der Waals surface area contributed by atoms with Crippen molar-refractivity contribution >= 4 is 5.91 Å². The minimum atomic E-state index is -0.624. The van der Waals surface area contributed by atoms with Gasteiger partial charge in [0.1, 0.15) is 6.10 Å². The molecule has 0 heterocycles. The topological polar surface area (TPSA) is 88.1 Å². The summed E-state index contributed by atoms with van der Waals surface area (Å²) in [6, 6.07) is 1.80. The van der Waals surface area contributed by atoms with Crippen LogP contribution in [-0.2, 0) is 9.53 Å². The lowest BCUT2D eigenvalue weighted by Crippen LogP contribution is -2.44. The molecule has 0 aromatic carbocycles. The number of methoxy groups -OCH3 is 1. The number of nitrogens with one attached hydrogen (secondary N) is 1. The van der Waals surface area contributed by atoms with Crippen molar-refractivity contribution in [2.24, 2.45) is 5.73 Å². The first-order valence-corrected chi connectivity index (χ1v) is 4.05. The summed E-state index contributed by atoms with van der Waals surface area (Å²) in [4.78, 5) is 11.3. The van der Waals surface area contributed by atoms with Gasteiger partial charge < -0.3 is 15.8 Å². The molecule has 0 aliphatic rings. The highest BCUT2D eigenvalue weighted by Crippen LogP contribution is 1.92. The van der Waals surface area contributed by atoms with Crippen LogP contribution in [0.25, 0.3) is 0 Å². The number of carbonyl (C=O) groups excluding carboxylic acids is 1. The second-order valence-electron chi connectivity index (χ2n) is 2.73. The van der Waals surface area contributed by atoms with E-state index in [1.807, 2.05) is 6.07 Å². The standard InChI is InChI=1S/C8H15N3O2/c1-6(3-4-9)11-8(12)7(5-10)13-2/h6-7H,3,5,10H2,1-2H3,(H,11,12). The lowest BCUT2D eigenvalue weighted by Gasteiger charge is -2.15. The molecule has 0 rings (SSSR count). The largest absolute Gasteiger partial charge is 0.370 e. The molecule has 0 fully saturated rings. The van der Waals surface area contributed by atoms with E-state index in [1.165, 1.54) is 7.11 Å². The molecule has 0 spiro atoms. The van der Waals surface area contributed by atoms with Gasteiger partial charge in [0.2, 0.25) is 0 Å². The number of nitrogens with zero attached hydrogens (tertiary/aromatic N) is 1. The van der Waals surface area contributed by atoms with Crippen LogP contribution < -0.4 is 11.1 Å². The number of hydrogen-bond donors (Lipinski definition) is 2. The van der Waals surface area contributed by atoms with Crippen LogP contribution in [0, 0.1) is 11.3 Å². The van der Waals surface area contributed by atoms with Gasteiger partial charge in [0.15, 0.2) is 0 Å². The highest BCUT2D eigenvalue weighted by atomic mass is 16.5. The maximum atomic E-state index is 11.3. The fraction of sp³-hybridized carbons (Fsp3) is 0.750. The molecule has 0 aliphatic carbocycles. The predicted molar refractivity (Wildman–Crippen MR) is 47.7 cm³/mol. The van der Waals surface area contributed by atoms with Crippen molar-refractivity contribution in [1.82, 2.24) is 5.32 Å². The van der Waals surface area contributed by atoms with Gasteiger partial charge in [-0.15, -0.1) is 0 Å². The summed E-state index contributed by atoms with van der Waals surface area (Å²) in [6.45, 7) is 1.89. The van der Waals surface area contributed by atoms with Gasteiger partial charge in [0.25, 0.3) is 5.91 Å². The van der Waals surface area contributed by atoms with Crippen molar-refractivity contribution in [3.05, 3.63) is 0 Å². The normalized spacial score (nSPS) is 14.3. The van der Waals surface area contributed by atoms with Crippen LogP contribution >= 0.6 is 0 Å². The van der Waals surface area contributed by atoms with E-state index >= 15 is 0 Å². The van der Waals surface area contributed by atoms with Crippen LogP contribution in [0.3, 0.4) is 0 Å². The molecule has 0 radical (unpaired) electrons. The average Bonchev–Trinajstić information content (AvgIpc) is 2.06. The second kappa shape index (κ2) is 6.40. The fourth-order valence-electron chi connectivity index (χ4n) is 0.834. The first-order valence-electron chi connectivity index (χ1n) is 4.05. The smallest absolute Gasteiger partial charge is 0.250 e.